The Morgan fingerprint density at radius 3 is 2.87 bits per heavy atom. The molecule has 0 unspecified atom stereocenters. The first kappa shape index (κ1) is 9.85. The van der Waals surface area contributed by atoms with Crippen LogP contribution in [-0.4, -0.2) is 34.3 Å². The zero-order valence-electron chi connectivity index (χ0n) is 7.95. The summed E-state index contributed by atoms with van der Waals surface area (Å²) >= 11 is 0. The Morgan fingerprint density at radius 1 is 1.40 bits per heavy atom. The summed E-state index contributed by atoms with van der Waals surface area (Å²) in [5.74, 6) is -1.17. The lowest BCUT2D eigenvalue weighted by atomic mass is 10.1. The van der Waals surface area contributed by atoms with E-state index in [0.29, 0.717) is 37.3 Å². The number of hydrogen-bond donors (Lipinski definition) is 2. The molecule has 15 heavy (non-hydrogen) atoms. The maximum absolute atomic E-state index is 11.1. The number of aromatic nitrogens is 2. The number of aromatic amines is 1. The van der Waals surface area contributed by atoms with Crippen LogP contribution in [0.3, 0.4) is 0 Å². The number of carbonyl (C=O) groups is 1. The van der Waals surface area contributed by atoms with E-state index in [9.17, 15) is 9.59 Å². The molecule has 1 aliphatic rings. The predicted molar refractivity (Wildman–Crippen MR) is 50.0 cm³/mol. The van der Waals surface area contributed by atoms with Gasteiger partial charge in [-0.15, -0.1) is 0 Å². The summed E-state index contributed by atoms with van der Waals surface area (Å²) in [5.41, 5.74) is 0.441. The number of rotatable bonds is 1. The van der Waals surface area contributed by atoms with Crippen molar-refractivity contribution in [2.24, 2.45) is 0 Å². The molecule has 0 saturated heterocycles. The fourth-order valence-corrected chi connectivity index (χ4v) is 1.65. The molecule has 6 nitrogen and oxygen atoms in total. The van der Waals surface area contributed by atoms with E-state index < -0.39 is 11.7 Å². The fraction of sp³-hybridized carbons (Fsp3) is 0.444. The Kier molecular flexibility index (Phi) is 2.51. The van der Waals surface area contributed by atoms with E-state index in [1.807, 2.05) is 0 Å². The van der Waals surface area contributed by atoms with Crippen molar-refractivity contribution >= 4 is 5.97 Å². The molecule has 0 bridgehead atoms. The van der Waals surface area contributed by atoms with Gasteiger partial charge >= 0.3 is 11.7 Å². The highest BCUT2D eigenvalue weighted by Gasteiger charge is 2.19. The van der Waals surface area contributed by atoms with Gasteiger partial charge in [-0.1, -0.05) is 0 Å². The monoisotopic (exact) mass is 210 g/mol. The first-order chi connectivity index (χ1) is 7.18. The number of hydrogen-bond acceptors (Lipinski definition) is 4. The highest BCUT2D eigenvalue weighted by atomic mass is 16.5. The third kappa shape index (κ3) is 1.89. The minimum atomic E-state index is -1.17. The van der Waals surface area contributed by atoms with Gasteiger partial charge in [-0.25, -0.2) is 9.59 Å². The third-order valence-electron chi connectivity index (χ3n) is 2.32. The van der Waals surface area contributed by atoms with E-state index >= 15 is 0 Å². The van der Waals surface area contributed by atoms with E-state index in [0.717, 1.165) is 0 Å². The first-order valence-electron chi connectivity index (χ1n) is 4.61. The first-order valence-corrected chi connectivity index (χ1v) is 4.61. The molecule has 1 aromatic heterocycles. The van der Waals surface area contributed by atoms with Crippen molar-refractivity contribution in [3.05, 3.63) is 27.4 Å². The summed E-state index contributed by atoms with van der Waals surface area (Å²) in [6.07, 6.45) is 0.994. The molecule has 0 aromatic carbocycles. The molecule has 0 radical (unpaired) electrons. The lowest BCUT2D eigenvalue weighted by Gasteiger charge is -2.05. The minimum Gasteiger partial charge on any atom is -0.476 e. The standard InChI is InChI=1S/C9H10N2O4/c12-8(13)7-5-1-3-15-4-2-6(5)10-9(14)11-7/h1-4H2,(H,12,13)(H,10,11,14). The van der Waals surface area contributed by atoms with Gasteiger partial charge in [0, 0.05) is 17.7 Å². The molecular formula is C9H10N2O4. The Hall–Kier alpha value is -1.69. The summed E-state index contributed by atoms with van der Waals surface area (Å²) in [5, 5.41) is 8.90. The quantitative estimate of drug-likeness (QED) is 0.657. The van der Waals surface area contributed by atoms with Gasteiger partial charge in [0.15, 0.2) is 5.69 Å². The van der Waals surface area contributed by atoms with Crippen LogP contribution in [0.1, 0.15) is 21.7 Å². The second-order valence-corrected chi connectivity index (χ2v) is 3.27. The zero-order valence-corrected chi connectivity index (χ0v) is 7.95. The van der Waals surface area contributed by atoms with Crippen LogP contribution in [0.2, 0.25) is 0 Å². The van der Waals surface area contributed by atoms with Crippen molar-refractivity contribution in [1.82, 2.24) is 9.97 Å². The molecule has 1 aromatic rings. The van der Waals surface area contributed by atoms with Gasteiger partial charge in [0.25, 0.3) is 0 Å². The molecule has 0 amide bonds. The molecule has 0 saturated carbocycles. The van der Waals surface area contributed by atoms with E-state index in [1.54, 1.807) is 0 Å². The van der Waals surface area contributed by atoms with Crippen molar-refractivity contribution in [3.63, 3.8) is 0 Å². The molecule has 80 valence electrons. The van der Waals surface area contributed by atoms with Gasteiger partial charge < -0.3 is 14.8 Å². The number of fused-ring (bicyclic) bond motifs is 1. The molecule has 0 spiro atoms. The molecule has 2 N–H and O–H groups in total. The summed E-state index contributed by atoms with van der Waals surface area (Å²) in [6, 6.07) is 0. The lowest BCUT2D eigenvalue weighted by Crippen LogP contribution is -2.21. The number of carboxylic acids is 1. The van der Waals surface area contributed by atoms with Gasteiger partial charge in [0.2, 0.25) is 0 Å². The van der Waals surface area contributed by atoms with Crippen LogP contribution in [0.25, 0.3) is 0 Å². The number of H-pyrrole nitrogens is 1. The Balaban J connectivity index is 2.59. The van der Waals surface area contributed by atoms with Crippen LogP contribution >= 0.6 is 0 Å². The number of aromatic carboxylic acids is 1. The lowest BCUT2D eigenvalue weighted by molar-refractivity contribution is 0.0688. The topological polar surface area (TPSA) is 92.3 Å². The van der Waals surface area contributed by atoms with Crippen LogP contribution in [0.4, 0.5) is 0 Å². The maximum atomic E-state index is 11.1. The van der Waals surface area contributed by atoms with Crippen molar-refractivity contribution in [2.45, 2.75) is 12.8 Å². The summed E-state index contributed by atoms with van der Waals surface area (Å²) < 4.78 is 5.21. The summed E-state index contributed by atoms with van der Waals surface area (Å²) in [4.78, 5) is 28.0. The van der Waals surface area contributed by atoms with Crippen LogP contribution in [-0.2, 0) is 17.6 Å². The Labute approximate surface area is 84.9 Å². The predicted octanol–water partition coefficient (Wildman–Crippen LogP) is -0.417. The molecule has 1 aliphatic heterocycles. The second kappa shape index (κ2) is 3.82. The smallest absolute Gasteiger partial charge is 0.355 e. The van der Waals surface area contributed by atoms with E-state index in [2.05, 4.69) is 9.97 Å². The van der Waals surface area contributed by atoms with Gasteiger partial charge in [-0.3, -0.25) is 0 Å². The maximum Gasteiger partial charge on any atom is 0.355 e. The van der Waals surface area contributed by atoms with Crippen molar-refractivity contribution < 1.29 is 14.6 Å². The minimum absolute atomic E-state index is 0.153. The average Bonchev–Trinajstić information content (AvgIpc) is 2.41. The third-order valence-corrected chi connectivity index (χ3v) is 2.32. The van der Waals surface area contributed by atoms with Crippen LogP contribution in [0.5, 0.6) is 0 Å². The Morgan fingerprint density at radius 2 is 2.13 bits per heavy atom. The number of nitrogens with one attached hydrogen (secondary N) is 1. The second-order valence-electron chi connectivity index (χ2n) is 3.27. The van der Waals surface area contributed by atoms with Crippen LogP contribution < -0.4 is 5.69 Å². The number of nitrogens with zero attached hydrogens (tertiary/aromatic N) is 1. The molecule has 2 heterocycles. The van der Waals surface area contributed by atoms with Crippen LogP contribution in [0, 0.1) is 0 Å². The van der Waals surface area contributed by atoms with Gasteiger partial charge in [0.05, 0.1) is 13.2 Å². The number of ether oxygens (including phenoxy) is 1. The molecule has 6 heteroatoms. The number of carboxylic acid groups (broad SMARTS) is 1. The molecular weight excluding hydrogens is 200 g/mol. The molecule has 2 rings (SSSR count). The van der Waals surface area contributed by atoms with E-state index in [4.69, 9.17) is 9.84 Å². The summed E-state index contributed by atoms with van der Waals surface area (Å²) in [6.45, 7) is 0.951. The largest absolute Gasteiger partial charge is 0.476 e. The highest BCUT2D eigenvalue weighted by molar-refractivity contribution is 5.87. The zero-order chi connectivity index (χ0) is 10.8. The molecule has 0 atom stereocenters. The van der Waals surface area contributed by atoms with Crippen molar-refractivity contribution in [1.29, 1.82) is 0 Å². The van der Waals surface area contributed by atoms with E-state index in [-0.39, 0.29) is 5.69 Å². The molecule has 0 fully saturated rings. The average molecular weight is 210 g/mol. The highest BCUT2D eigenvalue weighted by Crippen LogP contribution is 2.13. The fourth-order valence-electron chi connectivity index (χ4n) is 1.65. The Bertz CT molecular complexity index is 452. The van der Waals surface area contributed by atoms with Crippen LogP contribution in [0.15, 0.2) is 4.79 Å². The van der Waals surface area contributed by atoms with Crippen molar-refractivity contribution in [3.8, 4) is 0 Å². The van der Waals surface area contributed by atoms with Gasteiger partial charge in [-0.05, 0) is 6.42 Å². The van der Waals surface area contributed by atoms with Gasteiger partial charge in [-0.2, -0.15) is 4.98 Å². The normalized spacial score (nSPS) is 15.5. The van der Waals surface area contributed by atoms with Gasteiger partial charge in [0.1, 0.15) is 0 Å². The van der Waals surface area contributed by atoms with Crippen molar-refractivity contribution in [2.75, 3.05) is 13.2 Å². The summed E-state index contributed by atoms with van der Waals surface area (Å²) in [7, 11) is 0. The molecule has 0 aliphatic carbocycles. The van der Waals surface area contributed by atoms with E-state index in [1.165, 1.54) is 0 Å². The SMILES string of the molecule is O=C(O)c1nc(=O)[nH]c2c1CCOCC2.